The van der Waals surface area contributed by atoms with E-state index < -0.39 is 0 Å². The van der Waals surface area contributed by atoms with Gasteiger partial charge in [-0.1, -0.05) is 6.92 Å². The number of ether oxygens (including phenoxy) is 1. The van der Waals surface area contributed by atoms with Gasteiger partial charge in [-0.2, -0.15) is 0 Å². The van der Waals surface area contributed by atoms with Crippen LogP contribution in [-0.2, 0) is 11.2 Å². The summed E-state index contributed by atoms with van der Waals surface area (Å²) in [4.78, 5) is 11.0. The Bertz CT molecular complexity index is 391. The van der Waals surface area contributed by atoms with Crippen LogP contribution in [-0.4, -0.2) is 35.8 Å². The summed E-state index contributed by atoms with van der Waals surface area (Å²) in [5.74, 6) is 2.26. The molecule has 5 heteroatoms. The molecule has 18 heavy (non-hydrogen) atoms. The van der Waals surface area contributed by atoms with Crippen molar-refractivity contribution in [2.75, 3.05) is 30.3 Å². The highest BCUT2D eigenvalue weighted by Crippen LogP contribution is 2.19. The minimum Gasteiger partial charge on any atom is -0.384 e. The van der Waals surface area contributed by atoms with E-state index in [0.717, 1.165) is 50.6 Å². The Kier molecular flexibility index (Phi) is 4.36. The number of hydrogen-bond donors (Lipinski definition) is 1. The Balaban J connectivity index is 2.12. The van der Waals surface area contributed by atoms with Crippen LogP contribution in [0, 0.1) is 0 Å². The molecule has 1 aromatic rings. The van der Waals surface area contributed by atoms with Gasteiger partial charge in [0.2, 0.25) is 0 Å². The fourth-order valence-corrected chi connectivity index (χ4v) is 2.24. The quantitative estimate of drug-likeness (QED) is 0.860. The molecule has 1 saturated heterocycles. The fraction of sp³-hybridized carbons (Fsp3) is 0.692. The fourth-order valence-electron chi connectivity index (χ4n) is 2.24. The van der Waals surface area contributed by atoms with E-state index in [1.165, 1.54) is 0 Å². The normalized spacial score (nSPS) is 19.1. The highest BCUT2D eigenvalue weighted by atomic mass is 16.5. The molecule has 1 aliphatic heterocycles. The molecule has 5 nitrogen and oxygen atoms in total. The van der Waals surface area contributed by atoms with Gasteiger partial charge in [0.25, 0.3) is 0 Å². The van der Waals surface area contributed by atoms with Gasteiger partial charge in [-0.25, -0.2) is 9.97 Å². The highest BCUT2D eigenvalue weighted by Gasteiger charge is 2.19. The lowest BCUT2D eigenvalue weighted by Crippen LogP contribution is -2.33. The first-order valence-corrected chi connectivity index (χ1v) is 6.73. The smallest absolute Gasteiger partial charge is 0.134 e. The van der Waals surface area contributed by atoms with Gasteiger partial charge in [-0.15, -0.1) is 0 Å². The SMILES string of the molecule is CCc1nc(N)cc(N(CC)CC2CCCO2)n1. The third kappa shape index (κ3) is 3.10. The van der Waals surface area contributed by atoms with Crippen LogP contribution in [0.25, 0.3) is 0 Å². The maximum atomic E-state index is 5.83. The molecule has 0 aromatic carbocycles. The molecule has 0 radical (unpaired) electrons. The molecule has 0 saturated carbocycles. The van der Waals surface area contributed by atoms with Crippen molar-refractivity contribution >= 4 is 11.6 Å². The predicted octanol–water partition coefficient (Wildman–Crippen LogP) is 1.63. The number of nitrogen functional groups attached to an aromatic ring is 1. The van der Waals surface area contributed by atoms with E-state index in [4.69, 9.17) is 10.5 Å². The maximum absolute atomic E-state index is 5.83. The van der Waals surface area contributed by atoms with Crippen LogP contribution >= 0.6 is 0 Å². The average molecular weight is 250 g/mol. The lowest BCUT2D eigenvalue weighted by atomic mass is 10.2. The Hall–Kier alpha value is -1.36. The Morgan fingerprint density at radius 3 is 2.89 bits per heavy atom. The zero-order valence-electron chi connectivity index (χ0n) is 11.2. The minimum atomic E-state index is 0.325. The predicted molar refractivity (Wildman–Crippen MR) is 72.7 cm³/mol. The van der Waals surface area contributed by atoms with E-state index in [2.05, 4.69) is 21.8 Å². The number of aryl methyl sites for hydroxylation is 1. The topological polar surface area (TPSA) is 64.3 Å². The molecule has 0 spiro atoms. The van der Waals surface area contributed by atoms with Crippen molar-refractivity contribution in [3.05, 3.63) is 11.9 Å². The maximum Gasteiger partial charge on any atom is 0.134 e. The van der Waals surface area contributed by atoms with Crippen molar-refractivity contribution < 1.29 is 4.74 Å². The number of aromatic nitrogens is 2. The van der Waals surface area contributed by atoms with E-state index in [9.17, 15) is 0 Å². The standard InChI is InChI=1S/C13H22N4O/c1-3-12-15-11(14)8-13(16-12)17(4-2)9-10-6-5-7-18-10/h8,10H,3-7,9H2,1-2H3,(H2,14,15,16). The number of nitrogens with zero attached hydrogens (tertiary/aromatic N) is 3. The van der Waals surface area contributed by atoms with Crippen LogP contribution in [0.15, 0.2) is 6.07 Å². The second kappa shape index (κ2) is 6.00. The van der Waals surface area contributed by atoms with Gasteiger partial charge >= 0.3 is 0 Å². The minimum absolute atomic E-state index is 0.325. The van der Waals surface area contributed by atoms with Gasteiger partial charge < -0.3 is 15.4 Å². The molecular formula is C13H22N4O. The van der Waals surface area contributed by atoms with Gasteiger partial charge in [-0.3, -0.25) is 0 Å². The first-order chi connectivity index (χ1) is 8.72. The second-order valence-electron chi connectivity index (χ2n) is 4.59. The molecule has 100 valence electrons. The molecule has 1 unspecified atom stereocenters. The van der Waals surface area contributed by atoms with Gasteiger partial charge in [0.05, 0.1) is 6.10 Å². The third-order valence-electron chi connectivity index (χ3n) is 3.25. The molecule has 1 aromatic heterocycles. The summed E-state index contributed by atoms with van der Waals surface area (Å²) in [5.41, 5.74) is 5.83. The highest BCUT2D eigenvalue weighted by molar-refractivity contribution is 5.47. The zero-order chi connectivity index (χ0) is 13.0. The van der Waals surface area contributed by atoms with Crippen LogP contribution in [0.1, 0.15) is 32.5 Å². The van der Waals surface area contributed by atoms with Crippen molar-refractivity contribution in [1.29, 1.82) is 0 Å². The molecule has 2 heterocycles. The second-order valence-corrected chi connectivity index (χ2v) is 4.59. The van der Waals surface area contributed by atoms with E-state index in [0.29, 0.717) is 11.9 Å². The zero-order valence-corrected chi connectivity index (χ0v) is 11.2. The van der Waals surface area contributed by atoms with Gasteiger partial charge in [0.15, 0.2) is 0 Å². The lowest BCUT2D eigenvalue weighted by Gasteiger charge is -2.25. The van der Waals surface area contributed by atoms with Crippen LogP contribution < -0.4 is 10.6 Å². The number of rotatable bonds is 5. The Morgan fingerprint density at radius 2 is 2.28 bits per heavy atom. The van der Waals surface area contributed by atoms with E-state index >= 15 is 0 Å². The summed E-state index contributed by atoms with van der Waals surface area (Å²) in [6.07, 6.45) is 3.42. The molecule has 0 amide bonds. The molecule has 2 N–H and O–H groups in total. The van der Waals surface area contributed by atoms with Crippen molar-refractivity contribution in [2.24, 2.45) is 0 Å². The van der Waals surface area contributed by atoms with Crippen molar-refractivity contribution in [2.45, 2.75) is 39.2 Å². The molecule has 1 fully saturated rings. The van der Waals surface area contributed by atoms with E-state index in [1.54, 1.807) is 0 Å². The number of anilines is 2. The first kappa shape index (κ1) is 13.1. The van der Waals surface area contributed by atoms with Crippen LogP contribution in [0.5, 0.6) is 0 Å². The van der Waals surface area contributed by atoms with Gasteiger partial charge in [0, 0.05) is 32.2 Å². The summed E-state index contributed by atoms with van der Waals surface area (Å²) < 4.78 is 5.68. The van der Waals surface area contributed by atoms with Crippen molar-refractivity contribution in [1.82, 2.24) is 9.97 Å². The summed E-state index contributed by atoms with van der Waals surface area (Å²) in [5, 5.41) is 0. The van der Waals surface area contributed by atoms with Gasteiger partial charge in [-0.05, 0) is 19.8 Å². The average Bonchev–Trinajstić information content (AvgIpc) is 2.88. The van der Waals surface area contributed by atoms with Crippen molar-refractivity contribution in [3.8, 4) is 0 Å². The first-order valence-electron chi connectivity index (χ1n) is 6.73. The third-order valence-corrected chi connectivity index (χ3v) is 3.25. The summed E-state index contributed by atoms with van der Waals surface area (Å²) >= 11 is 0. The number of hydrogen-bond acceptors (Lipinski definition) is 5. The largest absolute Gasteiger partial charge is 0.384 e. The molecule has 1 aliphatic rings. The molecular weight excluding hydrogens is 228 g/mol. The monoisotopic (exact) mass is 250 g/mol. The van der Waals surface area contributed by atoms with Crippen LogP contribution in [0.3, 0.4) is 0 Å². The Morgan fingerprint density at radius 1 is 1.44 bits per heavy atom. The number of likely N-dealkylation sites (N-methyl/N-ethyl adjacent to an activating group) is 1. The van der Waals surface area contributed by atoms with Crippen molar-refractivity contribution in [3.63, 3.8) is 0 Å². The molecule has 0 aliphatic carbocycles. The summed E-state index contributed by atoms with van der Waals surface area (Å²) in [6, 6.07) is 1.84. The molecule has 0 bridgehead atoms. The van der Waals surface area contributed by atoms with E-state index in [-0.39, 0.29) is 0 Å². The van der Waals surface area contributed by atoms with E-state index in [1.807, 2.05) is 13.0 Å². The number of nitrogens with two attached hydrogens (primary N) is 1. The molecule has 2 rings (SSSR count). The molecule has 1 atom stereocenters. The van der Waals surface area contributed by atoms with Crippen LogP contribution in [0.4, 0.5) is 11.6 Å². The van der Waals surface area contributed by atoms with Crippen LogP contribution in [0.2, 0.25) is 0 Å². The summed E-state index contributed by atoms with van der Waals surface area (Å²) in [6.45, 7) is 6.83. The Labute approximate surface area is 108 Å². The summed E-state index contributed by atoms with van der Waals surface area (Å²) in [7, 11) is 0. The lowest BCUT2D eigenvalue weighted by molar-refractivity contribution is 0.115. The van der Waals surface area contributed by atoms with Gasteiger partial charge in [0.1, 0.15) is 17.5 Å².